The van der Waals surface area contributed by atoms with Crippen LogP contribution in [-0.4, -0.2) is 19.1 Å². The summed E-state index contributed by atoms with van der Waals surface area (Å²) in [5.41, 5.74) is 7.11. The van der Waals surface area contributed by atoms with Crippen molar-refractivity contribution in [1.29, 1.82) is 0 Å². The Bertz CT molecular complexity index is 553. The molecule has 4 bridgehead atoms. The molecule has 0 heterocycles. The van der Waals surface area contributed by atoms with E-state index in [0.717, 1.165) is 17.8 Å². The van der Waals surface area contributed by atoms with Gasteiger partial charge in [-0.15, -0.1) is 0 Å². The van der Waals surface area contributed by atoms with Crippen LogP contribution in [0.1, 0.15) is 66.2 Å². The normalized spacial score (nSPS) is 40.6. The Morgan fingerprint density at radius 1 is 0.875 bits per heavy atom. The van der Waals surface area contributed by atoms with E-state index < -0.39 is 8.96 Å². The minimum absolute atomic E-state index is 0. The summed E-state index contributed by atoms with van der Waals surface area (Å²) in [5.74, 6) is 3.79. The zero-order valence-electron chi connectivity index (χ0n) is 16.6. The third-order valence-corrected chi connectivity index (χ3v) is 9.75. The zero-order chi connectivity index (χ0) is 16.5. The van der Waals surface area contributed by atoms with Crippen LogP contribution in [0, 0.1) is 23.7 Å². The molecular weight excluding hydrogens is 342 g/mol. The van der Waals surface area contributed by atoms with Gasteiger partial charge < -0.3 is 4.57 Å². The van der Waals surface area contributed by atoms with Crippen LogP contribution >= 0.6 is 0 Å². The van der Waals surface area contributed by atoms with E-state index in [-0.39, 0.29) is 21.7 Å². The molecule has 1 nitrogen and oxygen atoms in total. The molecular formula is C21H35NSiTi. The van der Waals surface area contributed by atoms with Crippen LogP contribution in [-0.2, 0) is 21.7 Å². The quantitative estimate of drug-likeness (QED) is 0.587. The molecule has 0 spiro atoms. The van der Waals surface area contributed by atoms with E-state index in [4.69, 9.17) is 0 Å². The number of allylic oxidation sites excluding steroid dienone is 3. The summed E-state index contributed by atoms with van der Waals surface area (Å²) in [6, 6.07) is 0. The molecule has 0 aromatic rings. The number of rotatable bonds is 3. The first-order valence-electron chi connectivity index (χ1n) is 10.00. The van der Waals surface area contributed by atoms with Gasteiger partial charge in [0.1, 0.15) is 8.96 Å². The van der Waals surface area contributed by atoms with Crippen molar-refractivity contribution in [3.8, 4) is 0 Å². The Morgan fingerprint density at radius 2 is 1.33 bits per heavy atom. The summed E-state index contributed by atoms with van der Waals surface area (Å²) in [4.78, 5) is 0. The molecule has 0 radical (unpaired) electrons. The van der Waals surface area contributed by atoms with Gasteiger partial charge in [-0.05, 0) is 88.2 Å². The van der Waals surface area contributed by atoms with Crippen LogP contribution in [0.4, 0.5) is 0 Å². The maximum atomic E-state index is 3.08. The molecule has 0 aromatic heterocycles. The summed E-state index contributed by atoms with van der Waals surface area (Å²) in [7, 11) is -0.879. The molecule has 24 heavy (non-hydrogen) atoms. The van der Waals surface area contributed by atoms with E-state index in [1.54, 1.807) is 41.7 Å². The molecule has 1 atom stereocenters. The molecule has 0 saturated heterocycles. The Kier molecular flexibility index (Phi) is 5.08. The van der Waals surface area contributed by atoms with Crippen molar-refractivity contribution in [2.45, 2.75) is 84.9 Å². The maximum absolute atomic E-state index is 3.08. The Balaban J connectivity index is 0.00000169. The summed E-state index contributed by atoms with van der Waals surface area (Å²) in [6.45, 7) is 14.8. The topological polar surface area (TPSA) is 3.24 Å². The van der Waals surface area contributed by atoms with Gasteiger partial charge in [-0.2, -0.15) is 0 Å². The van der Waals surface area contributed by atoms with E-state index in [1.165, 1.54) is 19.3 Å². The van der Waals surface area contributed by atoms with Crippen molar-refractivity contribution in [1.82, 2.24) is 4.57 Å². The molecule has 3 heteroatoms. The molecule has 5 aliphatic carbocycles. The van der Waals surface area contributed by atoms with Gasteiger partial charge in [-0.3, -0.25) is 0 Å². The number of hydrogen-bond donors (Lipinski definition) is 0. The fourth-order valence-electron chi connectivity index (χ4n) is 7.17. The second-order valence-corrected chi connectivity index (χ2v) is 12.3. The van der Waals surface area contributed by atoms with Crippen LogP contribution in [0.2, 0.25) is 13.1 Å². The smallest absolute Gasteiger partial charge is 0.134 e. The van der Waals surface area contributed by atoms with E-state index >= 15 is 0 Å². The molecule has 0 amide bonds. The maximum Gasteiger partial charge on any atom is 0.134 e. The SMILES string of the molecule is CC1=C(C)C(C)C(N([SiH](C)C)C23CC4CC(CC(C4)C2)C3)=C1C.[Ti]. The van der Waals surface area contributed by atoms with Crippen LogP contribution in [0.25, 0.3) is 0 Å². The van der Waals surface area contributed by atoms with Crippen LogP contribution in [0.15, 0.2) is 22.4 Å². The molecule has 0 aromatic carbocycles. The Hall–Kier alpha value is 0.211. The molecule has 4 fully saturated rings. The molecule has 5 aliphatic rings. The van der Waals surface area contributed by atoms with Crippen molar-refractivity contribution in [2.75, 3.05) is 0 Å². The van der Waals surface area contributed by atoms with Crippen molar-refractivity contribution in [2.24, 2.45) is 23.7 Å². The largest absolute Gasteiger partial charge is 0.398 e. The van der Waals surface area contributed by atoms with Crippen LogP contribution in [0.5, 0.6) is 0 Å². The van der Waals surface area contributed by atoms with E-state index in [1.807, 2.05) is 0 Å². The first-order valence-corrected chi connectivity index (χ1v) is 12.8. The number of nitrogens with zero attached hydrogens (tertiary/aromatic N) is 1. The van der Waals surface area contributed by atoms with Gasteiger partial charge in [0.15, 0.2) is 0 Å². The minimum Gasteiger partial charge on any atom is -0.398 e. The third kappa shape index (κ3) is 2.67. The fourth-order valence-corrected chi connectivity index (χ4v) is 9.56. The molecule has 4 saturated carbocycles. The van der Waals surface area contributed by atoms with Gasteiger partial charge in [-0.1, -0.05) is 25.6 Å². The molecule has 132 valence electrons. The Morgan fingerprint density at radius 3 is 1.67 bits per heavy atom. The monoisotopic (exact) mass is 377 g/mol. The average Bonchev–Trinajstić information content (AvgIpc) is 2.63. The number of hydrogen-bond acceptors (Lipinski definition) is 1. The van der Waals surface area contributed by atoms with Crippen molar-refractivity contribution < 1.29 is 21.7 Å². The molecule has 5 rings (SSSR count). The fraction of sp³-hybridized carbons (Fsp3) is 0.810. The zero-order valence-corrected chi connectivity index (χ0v) is 19.3. The summed E-state index contributed by atoms with van der Waals surface area (Å²) in [5, 5.41) is 0. The first-order chi connectivity index (χ1) is 10.8. The van der Waals surface area contributed by atoms with Crippen LogP contribution < -0.4 is 0 Å². The minimum atomic E-state index is -0.879. The first kappa shape index (κ1) is 19.0. The van der Waals surface area contributed by atoms with Gasteiger partial charge in [0, 0.05) is 38.9 Å². The van der Waals surface area contributed by atoms with Crippen molar-refractivity contribution in [3.05, 3.63) is 22.4 Å². The summed E-state index contributed by atoms with van der Waals surface area (Å²) < 4.78 is 3.08. The second kappa shape index (κ2) is 6.43. The molecule has 0 aliphatic heterocycles. The summed E-state index contributed by atoms with van der Waals surface area (Å²) >= 11 is 0. The summed E-state index contributed by atoms with van der Waals surface area (Å²) in [6.07, 6.45) is 9.17. The second-order valence-electron chi connectivity index (χ2n) is 9.65. The van der Waals surface area contributed by atoms with E-state index in [9.17, 15) is 0 Å². The Labute approximate surface area is 165 Å². The van der Waals surface area contributed by atoms with Crippen LogP contribution in [0.3, 0.4) is 0 Å². The van der Waals surface area contributed by atoms with E-state index in [2.05, 4.69) is 45.4 Å². The van der Waals surface area contributed by atoms with Gasteiger partial charge in [-0.25, -0.2) is 0 Å². The average molecular weight is 377 g/mol. The predicted octanol–water partition coefficient (Wildman–Crippen LogP) is 5.50. The standard InChI is InChI=1S/C21H35NSi.Ti/c1-13-14(2)16(4)20(15(13)3)22(23(5)6)21-10-17-7-18(11-21)9-19(8-17)12-21;/h15,17-19,23H,7-12H2,1-6H3;. The molecule has 1 unspecified atom stereocenters. The van der Waals surface area contributed by atoms with Gasteiger partial charge in [0.25, 0.3) is 0 Å². The van der Waals surface area contributed by atoms with Crippen molar-refractivity contribution >= 4 is 8.96 Å². The van der Waals surface area contributed by atoms with Gasteiger partial charge >= 0.3 is 0 Å². The third-order valence-electron chi connectivity index (χ3n) is 7.89. The molecule has 0 N–H and O–H groups in total. The predicted molar refractivity (Wildman–Crippen MR) is 102 cm³/mol. The van der Waals surface area contributed by atoms with Gasteiger partial charge in [0.05, 0.1) is 0 Å². The van der Waals surface area contributed by atoms with E-state index in [0.29, 0.717) is 11.5 Å². The van der Waals surface area contributed by atoms with Crippen molar-refractivity contribution in [3.63, 3.8) is 0 Å². The van der Waals surface area contributed by atoms with Gasteiger partial charge in [0.2, 0.25) is 0 Å².